The van der Waals surface area contributed by atoms with Crippen LogP contribution in [-0.2, 0) is 22.4 Å². The number of benzene rings is 2. The molecule has 0 saturated carbocycles. The lowest BCUT2D eigenvalue weighted by atomic mass is 10.0. The second-order valence-electron chi connectivity index (χ2n) is 5.39. The molecule has 0 aliphatic carbocycles. The Bertz CT molecular complexity index is 575. The van der Waals surface area contributed by atoms with Crippen LogP contribution in [0.25, 0.3) is 0 Å². The molecule has 0 spiro atoms. The molecule has 1 N–H and O–H groups in total. The van der Waals surface area contributed by atoms with Gasteiger partial charge in [-0.2, -0.15) is 0 Å². The molecule has 22 heavy (non-hydrogen) atoms. The first kappa shape index (κ1) is 16.2. The summed E-state index contributed by atoms with van der Waals surface area (Å²) in [6, 6.07) is 17.7. The van der Waals surface area contributed by atoms with Gasteiger partial charge in [-0.3, -0.25) is 4.79 Å². The number of esters is 1. The minimum absolute atomic E-state index is 0.223. The van der Waals surface area contributed by atoms with Gasteiger partial charge in [0, 0.05) is 0 Å². The van der Waals surface area contributed by atoms with E-state index in [9.17, 15) is 9.90 Å². The van der Waals surface area contributed by atoms with E-state index in [0.29, 0.717) is 6.42 Å². The number of aryl methyl sites for hydroxylation is 1. The molecule has 1 unspecified atom stereocenters. The number of carbonyl (C=O) groups excluding carboxylic acids is 1. The number of aliphatic hydroxyl groups excluding tert-OH is 1. The normalized spacial score (nSPS) is 11.9. The van der Waals surface area contributed by atoms with Gasteiger partial charge in [-0.25, -0.2) is 0 Å². The Morgan fingerprint density at radius 3 is 2.32 bits per heavy atom. The molecule has 3 nitrogen and oxygen atoms in total. The quantitative estimate of drug-likeness (QED) is 0.796. The topological polar surface area (TPSA) is 46.5 Å². The van der Waals surface area contributed by atoms with Crippen molar-refractivity contribution in [2.24, 2.45) is 0 Å². The fourth-order valence-electron chi connectivity index (χ4n) is 2.40. The lowest BCUT2D eigenvalue weighted by Crippen LogP contribution is -2.04. The summed E-state index contributed by atoms with van der Waals surface area (Å²) in [7, 11) is 1.40. The summed E-state index contributed by atoms with van der Waals surface area (Å²) in [6.07, 6.45) is 2.49. The summed E-state index contributed by atoms with van der Waals surface area (Å²) in [5.74, 6) is -0.223. The van der Waals surface area contributed by atoms with Crippen LogP contribution < -0.4 is 0 Å². The SMILES string of the molecule is COC(=O)Cc1ccc(CCCC(O)c2ccccc2)cc1. The van der Waals surface area contributed by atoms with Crippen molar-refractivity contribution >= 4 is 5.97 Å². The van der Waals surface area contributed by atoms with E-state index in [1.165, 1.54) is 12.7 Å². The van der Waals surface area contributed by atoms with E-state index in [1.54, 1.807) is 0 Å². The molecule has 0 bridgehead atoms. The highest BCUT2D eigenvalue weighted by atomic mass is 16.5. The number of carbonyl (C=O) groups is 1. The Labute approximate surface area is 131 Å². The number of aliphatic hydroxyl groups is 1. The predicted molar refractivity (Wildman–Crippen MR) is 86.5 cm³/mol. The third kappa shape index (κ3) is 5.01. The molecule has 0 saturated heterocycles. The van der Waals surface area contributed by atoms with Crippen molar-refractivity contribution in [3.8, 4) is 0 Å². The number of hydrogen-bond donors (Lipinski definition) is 1. The second-order valence-corrected chi connectivity index (χ2v) is 5.39. The Kier molecular flexibility index (Phi) is 6.16. The average Bonchev–Trinajstić information content (AvgIpc) is 2.57. The van der Waals surface area contributed by atoms with Gasteiger partial charge in [0.25, 0.3) is 0 Å². The van der Waals surface area contributed by atoms with Crippen molar-refractivity contribution in [1.29, 1.82) is 0 Å². The maximum Gasteiger partial charge on any atom is 0.309 e. The summed E-state index contributed by atoms with van der Waals surface area (Å²) in [6.45, 7) is 0. The zero-order chi connectivity index (χ0) is 15.8. The van der Waals surface area contributed by atoms with E-state index < -0.39 is 6.10 Å². The van der Waals surface area contributed by atoms with Gasteiger partial charge in [-0.15, -0.1) is 0 Å². The van der Waals surface area contributed by atoms with Gasteiger partial charge in [0.1, 0.15) is 0 Å². The largest absolute Gasteiger partial charge is 0.469 e. The molecule has 2 rings (SSSR count). The van der Waals surface area contributed by atoms with Crippen LogP contribution in [0.1, 0.15) is 35.6 Å². The van der Waals surface area contributed by atoms with Crippen LogP contribution in [-0.4, -0.2) is 18.2 Å². The molecule has 0 amide bonds. The van der Waals surface area contributed by atoms with Crippen molar-refractivity contribution in [3.05, 3.63) is 71.3 Å². The summed E-state index contributed by atoms with van der Waals surface area (Å²) in [4.78, 5) is 11.2. The van der Waals surface area contributed by atoms with Gasteiger partial charge < -0.3 is 9.84 Å². The van der Waals surface area contributed by atoms with E-state index in [4.69, 9.17) is 0 Å². The van der Waals surface area contributed by atoms with E-state index in [1.807, 2.05) is 54.6 Å². The summed E-state index contributed by atoms with van der Waals surface area (Å²) in [5, 5.41) is 10.1. The molecule has 3 heteroatoms. The van der Waals surface area contributed by atoms with Crippen LogP contribution >= 0.6 is 0 Å². The average molecular weight is 298 g/mol. The number of hydrogen-bond acceptors (Lipinski definition) is 3. The van der Waals surface area contributed by atoms with E-state index in [2.05, 4.69) is 4.74 Å². The lowest BCUT2D eigenvalue weighted by Gasteiger charge is -2.10. The molecule has 0 aromatic heterocycles. The van der Waals surface area contributed by atoms with Crippen molar-refractivity contribution in [3.63, 3.8) is 0 Å². The minimum atomic E-state index is -0.403. The number of methoxy groups -OCH3 is 1. The molecule has 0 aliphatic rings. The second kappa shape index (κ2) is 8.35. The first-order chi connectivity index (χ1) is 10.7. The van der Waals surface area contributed by atoms with Crippen LogP contribution in [0.3, 0.4) is 0 Å². The fourth-order valence-corrected chi connectivity index (χ4v) is 2.40. The third-order valence-corrected chi connectivity index (χ3v) is 3.73. The summed E-state index contributed by atoms with van der Waals surface area (Å²) in [5.41, 5.74) is 3.14. The molecule has 116 valence electrons. The molecular formula is C19H22O3. The molecule has 0 heterocycles. The molecule has 0 fully saturated rings. The Morgan fingerprint density at radius 1 is 1.05 bits per heavy atom. The number of rotatable bonds is 7. The predicted octanol–water partition coefficient (Wildman–Crippen LogP) is 3.46. The maximum absolute atomic E-state index is 11.2. The third-order valence-electron chi connectivity index (χ3n) is 3.73. The highest BCUT2D eigenvalue weighted by molar-refractivity contribution is 5.72. The van der Waals surface area contributed by atoms with Crippen molar-refractivity contribution < 1.29 is 14.6 Å². The van der Waals surface area contributed by atoms with E-state index in [-0.39, 0.29) is 5.97 Å². The van der Waals surface area contributed by atoms with E-state index in [0.717, 1.165) is 30.4 Å². The number of ether oxygens (including phenoxy) is 1. The lowest BCUT2D eigenvalue weighted by molar-refractivity contribution is -0.139. The van der Waals surface area contributed by atoms with Crippen molar-refractivity contribution in [2.45, 2.75) is 31.8 Å². The van der Waals surface area contributed by atoms with Crippen LogP contribution in [0.5, 0.6) is 0 Å². The Balaban J connectivity index is 1.78. The molecule has 0 radical (unpaired) electrons. The summed E-state index contributed by atoms with van der Waals surface area (Å²) < 4.78 is 4.65. The molecule has 2 aromatic rings. The van der Waals surface area contributed by atoms with Gasteiger partial charge >= 0.3 is 5.97 Å². The molecule has 0 aliphatic heterocycles. The van der Waals surface area contributed by atoms with Crippen LogP contribution in [0.2, 0.25) is 0 Å². The smallest absolute Gasteiger partial charge is 0.309 e. The van der Waals surface area contributed by atoms with Crippen LogP contribution in [0, 0.1) is 0 Å². The van der Waals surface area contributed by atoms with Crippen molar-refractivity contribution in [2.75, 3.05) is 7.11 Å². The first-order valence-electron chi connectivity index (χ1n) is 7.56. The van der Waals surface area contributed by atoms with Crippen molar-refractivity contribution in [1.82, 2.24) is 0 Å². The van der Waals surface area contributed by atoms with Crippen LogP contribution in [0.15, 0.2) is 54.6 Å². The van der Waals surface area contributed by atoms with Crippen LogP contribution in [0.4, 0.5) is 0 Å². The summed E-state index contributed by atoms with van der Waals surface area (Å²) >= 11 is 0. The minimum Gasteiger partial charge on any atom is -0.469 e. The zero-order valence-corrected chi connectivity index (χ0v) is 12.9. The van der Waals surface area contributed by atoms with Gasteiger partial charge in [0.2, 0.25) is 0 Å². The van der Waals surface area contributed by atoms with Gasteiger partial charge in [-0.05, 0) is 36.0 Å². The van der Waals surface area contributed by atoms with E-state index >= 15 is 0 Å². The first-order valence-corrected chi connectivity index (χ1v) is 7.56. The molecular weight excluding hydrogens is 276 g/mol. The Hall–Kier alpha value is -2.13. The van der Waals surface area contributed by atoms with Gasteiger partial charge in [-0.1, -0.05) is 54.6 Å². The zero-order valence-electron chi connectivity index (χ0n) is 12.9. The maximum atomic E-state index is 11.2. The van der Waals surface area contributed by atoms with Gasteiger partial charge in [0.05, 0.1) is 19.6 Å². The van der Waals surface area contributed by atoms with Gasteiger partial charge in [0.15, 0.2) is 0 Å². The highest BCUT2D eigenvalue weighted by Crippen LogP contribution is 2.19. The molecule has 1 atom stereocenters. The Morgan fingerprint density at radius 2 is 1.68 bits per heavy atom. The fraction of sp³-hybridized carbons (Fsp3) is 0.316. The standard InChI is InChI=1S/C19H22O3/c1-22-19(21)14-16-12-10-15(11-13-16)6-5-9-18(20)17-7-3-2-4-8-17/h2-4,7-8,10-13,18,20H,5-6,9,14H2,1H3. The monoisotopic (exact) mass is 298 g/mol. The molecule has 2 aromatic carbocycles. The highest BCUT2D eigenvalue weighted by Gasteiger charge is 2.07.